The first kappa shape index (κ1) is 13.6. The number of nitrogens with one attached hydrogen (secondary N) is 2. The average Bonchev–Trinajstić information content (AvgIpc) is 2.81. The molecule has 1 aliphatic rings. The summed E-state index contributed by atoms with van der Waals surface area (Å²) >= 11 is 0. The van der Waals surface area contributed by atoms with Crippen LogP contribution in [-0.2, 0) is 16.3 Å². The van der Waals surface area contributed by atoms with E-state index in [9.17, 15) is 8.42 Å². The molecule has 2 N–H and O–H groups in total. The topological polar surface area (TPSA) is 62.0 Å². The summed E-state index contributed by atoms with van der Waals surface area (Å²) in [6.07, 6.45) is 4.71. The molecule has 2 heterocycles. The number of hydrogen-bond acceptors (Lipinski definition) is 3. The van der Waals surface area contributed by atoms with E-state index in [4.69, 9.17) is 0 Å². The first-order valence-corrected chi connectivity index (χ1v) is 8.95. The highest BCUT2D eigenvalue weighted by molar-refractivity contribution is 7.91. The zero-order valence-corrected chi connectivity index (χ0v) is 12.2. The minimum atomic E-state index is -2.82. The van der Waals surface area contributed by atoms with Crippen molar-refractivity contribution in [2.45, 2.75) is 25.3 Å². The molecule has 0 amide bonds. The van der Waals surface area contributed by atoms with E-state index in [0.717, 1.165) is 31.3 Å². The summed E-state index contributed by atoms with van der Waals surface area (Å²) < 4.78 is 23.2. The van der Waals surface area contributed by atoms with Crippen LogP contribution in [-0.4, -0.2) is 37.5 Å². The summed E-state index contributed by atoms with van der Waals surface area (Å²) in [7, 11) is -2.82. The van der Waals surface area contributed by atoms with Gasteiger partial charge in [-0.15, -0.1) is 0 Å². The number of sulfone groups is 1. The third-order valence-electron chi connectivity index (χ3n) is 3.97. The standard InChI is InChI=1S/C15H20N2O2S/c18-20(19)9-3-4-13(11-20)16-8-7-12-10-17-15-6-2-1-5-14(12)15/h1-2,5-6,10,13,16-17H,3-4,7-9,11H2/t13-/m0/s1. The Morgan fingerprint density at radius 1 is 1.30 bits per heavy atom. The van der Waals surface area contributed by atoms with Gasteiger partial charge in [-0.25, -0.2) is 8.42 Å². The molecule has 1 aromatic carbocycles. The lowest BCUT2D eigenvalue weighted by Gasteiger charge is -2.23. The Hall–Kier alpha value is -1.33. The van der Waals surface area contributed by atoms with Gasteiger partial charge in [-0.2, -0.15) is 0 Å². The first-order valence-electron chi connectivity index (χ1n) is 7.13. The van der Waals surface area contributed by atoms with E-state index in [2.05, 4.69) is 22.4 Å². The van der Waals surface area contributed by atoms with Crippen LogP contribution in [0.1, 0.15) is 18.4 Å². The maximum atomic E-state index is 11.6. The predicted molar refractivity (Wildman–Crippen MR) is 81.7 cm³/mol. The third-order valence-corrected chi connectivity index (χ3v) is 5.79. The quantitative estimate of drug-likeness (QED) is 0.904. The molecule has 0 unspecified atom stereocenters. The Kier molecular flexibility index (Phi) is 3.81. The van der Waals surface area contributed by atoms with Gasteiger partial charge in [0.15, 0.2) is 9.84 Å². The van der Waals surface area contributed by atoms with Gasteiger partial charge in [0, 0.05) is 23.1 Å². The van der Waals surface area contributed by atoms with Gasteiger partial charge < -0.3 is 10.3 Å². The van der Waals surface area contributed by atoms with E-state index in [1.165, 1.54) is 10.9 Å². The van der Waals surface area contributed by atoms with Gasteiger partial charge in [-0.3, -0.25) is 0 Å². The molecule has 1 saturated heterocycles. The summed E-state index contributed by atoms with van der Waals surface area (Å²) in [6, 6.07) is 8.37. The molecule has 0 spiro atoms. The molecule has 0 bridgehead atoms. The molecule has 1 atom stereocenters. The molecular formula is C15H20N2O2S. The van der Waals surface area contributed by atoms with Crippen LogP contribution < -0.4 is 5.32 Å². The Balaban J connectivity index is 1.57. The van der Waals surface area contributed by atoms with Crippen molar-refractivity contribution >= 4 is 20.7 Å². The highest BCUT2D eigenvalue weighted by Crippen LogP contribution is 2.18. The molecule has 1 fully saturated rings. The van der Waals surface area contributed by atoms with Crippen molar-refractivity contribution in [1.82, 2.24) is 10.3 Å². The van der Waals surface area contributed by atoms with Gasteiger partial charge >= 0.3 is 0 Å². The van der Waals surface area contributed by atoms with E-state index in [1.807, 2.05) is 18.3 Å². The van der Waals surface area contributed by atoms with Crippen molar-refractivity contribution in [3.63, 3.8) is 0 Å². The van der Waals surface area contributed by atoms with Crippen molar-refractivity contribution in [2.75, 3.05) is 18.1 Å². The Morgan fingerprint density at radius 3 is 3.00 bits per heavy atom. The minimum Gasteiger partial charge on any atom is -0.361 e. The zero-order valence-electron chi connectivity index (χ0n) is 11.4. The van der Waals surface area contributed by atoms with Crippen LogP contribution in [0.3, 0.4) is 0 Å². The van der Waals surface area contributed by atoms with Crippen LogP contribution in [0.2, 0.25) is 0 Å². The zero-order chi connectivity index (χ0) is 14.0. The summed E-state index contributed by atoms with van der Waals surface area (Å²) in [4.78, 5) is 3.27. The number of aromatic amines is 1. The van der Waals surface area contributed by atoms with Gasteiger partial charge in [0.2, 0.25) is 0 Å². The highest BCUT2D eigenvalue weighted by Gasteiger charge is 2.23. The fourth-order valence-corrected chi connectivity index (χ4v) is 4.60. The monoisotopic (exact) mass is 292 g/mol. The molecule has 2 aromatic rings. The number of aromatic nitrogens is 1. The first-order chi connectivity index (χ1) is 9.64. The van der Waals surface area contributed by atoms with Crippen LogP contribution in [0.15, 0.2) is 30.5 Å². The van der Waals surface area contributed by atoms with Gasteiger partial charge in [0.05, 0.1) is 11.5 Å². The predicted octanol–water partition coefficient (Wildman–Crippen LogP) is 1.88. The van der Waals surface area contributed by atoms with Crippen LogP contribution in [0, 0.1) is 0 Å². The summed E-state index contributed by atoms with van der Waals surface area (Å²) in [5, 5.41) is 4.64. The van der Waals surface area contributed by atoms with E-state index in [1.54, 1.807) is 0 Å². The molecule has 108 valence electrons. The third kappa shape index (κ3) is 3.04. The largest absolute Gasteiger partial charge is 0.361 e. The van der Waals surface area contributed by atoms with Crippen LogP contribution in [0.5, 0.6) is 0 Å². The van der Waals surface area contributed by atoms with Crippen LogP contribution in [0.4, 0.5) is 0 Å². The van der Waals surface area contributed by atoms with Gasteiger partial charge in [0.25, 0.3) is 0 Å². The Morgan fingerprint density at radius 2 is 2.15 bits per heavy atom. The normalized spacial score (nSPS) is 22.1. The van der Waals surface area contributed by atoms with Crippen molar-refractivity contribution in [1.29, 1.82) is 0 Å². The molecule has 20 heavy (non-hydrogen) atoms. The van der Waals surface area contributed by atoms with Crippen molar-refractivity contribution in [3.05, 3.63) is 36.0 Å². The maximum absolute atomic E-state index is 11.6. The van der Waals surface area contributed by atoms with Crippen molar-refractivity contribution < 1.29 is 8.42 Å². The average molecular weight is 292 g/mol. The lowest BCUT2D eigenvalue weighted by Crippen LogP contribution is -2.40. The molecule has 4 nitrogen and oxygen atoms in total. The number of rotatable bonds is 4. The van der Waals surface area contributed by atoms with Crippen LogP contribution in [0.25, 0.3) is 10.9 Å². The van der Waals surface area contributed by atoms with E-state index < -0.39 is 9.84 Å². The number of H-pyrrole nitrogens is 1. The number of fused-ring (bicyclic) bond motifs is 1. The maximum Gasteiger partial charge on any atom is 0.151 e. The Bertz CT molecular complexity index is 691. The molecule has 1 aliphatic heterocycles. The fourth-order valence-electron chi connectivity index (χ4n) is 2.93. The Labute approximate surface area is 119 Å². The van der Waals surface area contributed by atoms with E-state index in [-0.39, 0.29) is 6.04 Å². The van der Waals surface area contributed by atoms with E-state index in [0.29, 0.717) is 11.5 Å². The molecule has 0 aliphatic carbocycles. The van der Waals surface area contributed by atoms with Crippen molar-refractivity contribution in [2.24, 2.45) is 0 Å². The summed E-state index contributed by atoms with van der Waals surface area (Å²) in [5.41, 5.74) is 2.44. The summed E-state index contributed by atoms with van der Waals surface area (Å²) in [6.45, 7) is 0.821. The molecule has 0 saturated carbocycles. The fraction of sp³-hybridized carbons (Fsp3) is 0.467. The second kappa shape index (κ2) is 5.58. The second-order valence-electron chi connectivity index (χ2n) is 5.52. The summed E-state index contributed by atoms with van der Waals surface area (Å²) in [5.74, 6) is 0.647. The molecule has 5 heteroatoms. The molecule has 3 rings (SSSR count). The van der Waals surface area contributed by atoms with Crippen LogP contribution >= 0.6 is 0 Å². The van der Waals surface area contributed by atoms with E-state index >= 15 is 0 Å². The minimum absolute atomic E-state index is 0.124. The van der Waals surface area contributed by atoms with Gasteiger partial charge in [0.1, 0.15) is 0 Å². The molecule has 1 aromatic heterocycles. The van der Waals surface area contributed by atoms with Gasteiger partial charge in [-0.1, -0.05) is 18.2 Å². The lowest BCUT2D eigenvalue weighted by atomic mass is 10.1. The smallest absolute Gasteiger partial charge is 0.151 e. The second-order valence-corrected chi connectivity index (χ2v) is 7.75. The molecular weight excluding hydrogens is 272 g/mol. The number of benzene rings is 1. The van der Waals surface area contributed by atoms with Crippen molar-refractivity contribution in [3.8, 4) is 0 Å². The molecule has 0 radical (unpaired) electrons. The number of para-hydroxylation sites is 1. The van der Waals surface area contributed by atoms with Gasteiger partial charge in [-0.05, 0) is 37.4 Å². The lowest BCUT2D eigenvalue weighted by molar-refractivity contribution is 0.483. The highest BCUT2D eigenvalue weighted by atomic mass is 32.2. The SMILES string of the molecule is O=S1(=O)CCC[C@H](NCCc2c[nH]c3ccccc23)C1. The number of hydrogen-bond donors (Lipinski definition) is 2.